The lowest BCUT2D eigenvalue weighted by Gasteiger charge is -2.10. The highest BCUT2D eigenvalue weighted by Crippen LogP contribution is 2.26. The summed E-state index contributed by atoms with van der Waals surface area (Å²) >= 11 is 0. The average molecular weight is 225 g/mol. The molecule has 0 saturated heterocycles. The van der Waals surface area contributed by atoms with E-state index in [1.165, 1.54) is 0 Å². The van der Waals surface area contributed by atoms with Crippen molar-refractivity contribution in [2.24, 2.45) is 0 Å². The van der Waals surface area contributed by atoms with Gasteiger partial charge in [0.15, 0.2) is 6.10 Å². The molecule has 1 aromatic carbocycles. The number of aliphatic hydroxyl groups excluding tert-OH is 1. The van der Waals surface area contributed by atoms with Gasteiger partial charge in [0.25, 0.3) is 0 Å². The average Bonchev–Trinajstić information content (AvgIpc) is 2.91. The van der Waals surface area contributed by atoms with Crippen molar-refractivity contribution in [2.45, 2.75) is 6.10 Å². The summed E-state index contributed by atoms with van der Waals surface area (Å²) in [4.78, 5) is 4.25. The second kappa shape index (κ2) is 4.03. The number of benzene rings is 1. The molecule has 2 heterocycles. The molecule has 2 aromatic heterocycles. The zero-order valence-corrected chi connectivity index (χ0v) is 9.08. The Hall–Kier alpha value is -2.13. The molecule has 0 radical (unpaired) electrons. The van der Waals surface area contributed by atoms with Crippen molar-refractivity contribution >= 4 is 10.8 Å². The van der Waals surface area contributed by atoms with Crippen LogP contribution in [0.3, 0.4) is 0 Å². The molecule has 17 heavy (non-hydrogen) atoms. The van der Waals surface area contributed by atoms with Gasteiger partial charge in [-0.25, -0.2) is 0 Å². The van der Waals surface area contributed by atoms with E-state index in [1.54, 1.807) is 24.6 Å². The molecule has 0 aliphatic heterocycles. The monoisotopic (exact) mass is 225 g/mol. The predicted molar refractivity (Wildman–Crippen MR) is 64.5 cm³/mol. The minimum Gasteiger partial charge on any atom is -0.466 e. The van der Waals surface area contributed by atoms with Gasteiger partial charge in [0.2, 0.25) is 0 Å². The molecule has 0 saturated carbocycles. The number of hydrogen-bond acceptors (Lipinski definition) is 3. The first kappa shape index (κ1) is 10.1. The summed E-state index contributed by atoms with van der Waals surface area (Å²) in [5.41, 5.74) is 0.623. The Morgan fingerprint density at radius 3 is 2.76 bits per heavy atom. The van der Waals surface area contributed by atoms with Crippen LogP contribution in [0.4, 0.5) is 0 Å². The van der Waals surface area contributed by atoms with Gasteiger partial charge in [-0.15, -0.1) is 0 Å². The summed E-state index contributed by atoms with van der Waals surface area (Å²) < 4.78 is 5.21. The quantitative estimate of drug-likeness (QED) is 0.729. The Bertz CT molecular complexity index is 626. The first-order valence-electron chi connectivity index (χ1n) is 5.41. The third-order valence-corrected chi connectivity index (χ3v) is 2.78. The van der Waals surface area contributed by atoms with Crippen LogP contribution in [0.2, 0.25) is 0 Å². The number of hydrogen-bond donors (Lipinski definition) is 1. The maximum atomic E-state index is 10.2. The standard InChI is InChI=1S/C14H11NO2/c16-14(12-6-3-9-17-12)13-11-5-2-1-4-10(11)7-8-15-13/h1-9,14,16H. The van der Waals surface area contributed by atoms with Gasteiger partial charge in [0.05, 0.1) is 12.0 Å². The first-order valence-corrected chi connectivity index (χ1v) is 5.41. The van der Waals surface area contributed by atoms with Crippen LogP contribution in [0.1, 0.15) is 17.6 Å². The third-order valence-electron chi connectivity index (χ3n) is 2.78. The van der Waals surface area contributed by atoms with Crippen molar-refractivity contribution in [3.8, 4) is 0 Å². The minimum atomic E-state index is -0.823. The Kier molecular flexibility index (Phi) is 2.38. The predicted octanol–water partition coefficient (Wildman–Crippen LogP) is 2.91. The highest BCUT2D eigenvalue weighted by Gasteiger charge is 2.16. The highest BCUT2D eigenvalue weighted by atomic mass is 16.4. The molecule has 0 amide bonds. The number of pyridine rings is 1. The van der Waals surface area contributed by atoms with Crippen LogP contribution in [0.15, 0.2) is 59.3 Å². The molecular weight excluding hydrogens is 214 g/mol. The van der Waals surface area contributed by atoms with Gasteiger partial charge in [-0.1, -0.05) is 24.3 Å². The Morgan fingerprint density at radius 2 is 1.94 bits per heavy atom. The number of nitrogens with zero attached hydrogens (tertiary/aromatic N) is 1. The van der Waals surface area contributed by atoms with Gasteiger partial charge >= 0.3 is 0 Å². The van der Waals surface area contributed by atoms with E-state index in [0.717, 1.165) is 10.8 Å². The maximum Gasteiger partial charge on any atom is 0.154 e. The largest absolute Gasteiger partial charge is 0.466 e. The molecule has 3 nitrogen and oxygen atoms in total. The summed E-state index contributed by atoms with van der Waals surface area (Å²) in [7, 11) is 0. The fourth-order valence-electron chi connectivity index (χ4n) is 1.94. The van der Waals surface area contributed by atoms with Crippen LogP contribution >= 0.6 is 0 Å². The Labute approximate surface area is 98.3 Å². The SMILES string of the molecule is OC(c1ccco1)c1nccc2ccccc12. The summed E-state index contributed by atoms with van der Waals surface area (Å²) in [6.07, 6.45) is 2.42. The first-order chi connectivity index (χ1) is 8.36. The van der Waals surface area contributed by atoms with Gasteiger partial charge in [-0.3, -0.25) is 4.98 Å². The van der Waals surface area contributed by atoms with Crippen molar-refractivity contribution in [1.82, 2.24) is 4.98 Å². The third kappa shape index (κ3) is 1.70. The molecule has 1 atom stereocenters. The number of rotatable bonds is 2. The molecule has 0 aliphatic carbocycles. The van der Waals surface area contributed by atoms with Gasteiger partial charge in [0, 0.05) is 11.6 Å². The van der Waals surface area contributed by atoms with E-state index in [1.807, 2.05) is 30.3 Å². The number of aromatic nitrogens is 1. The second-order valence-corrected chi connectivity index (χ2v) is 3.84. The van der Waals surface area contributed by atoms with Crippen molar-refractivity contribution in [3.05, 3.63) is 66.4 Å². The van der Waals surface area contributed by atoms with E-state index < -0.39 is 6.10 Å². The fourth-order valence-corrected chi connectivity index (χ4v) is 1.94. The smallest absolute Gasteiger partial charge is 0.154 e. The fraction of sp³-hybridized carbons (Fsp3) is 0.0714. The molecule has 0 fully saturated rings. The molecule has 3 rings (SSSR count). The zero-order chi connectivity index (χ0) is 11.7. The van der Waals surface area contributed by atoms with Gasteiger partial charge in [-0.2, -0.15) is 0 Å². The van der Waals surface area contributed by atoms with E-state index in [2.05, 4.69) is 4.98 Å². The summed E-state index contributed by atoms with van der Waals surface area (Å²) in [6.45, 7) is 0. The summed E-state index contributed by atoms with van der Waals surface area (Å²) in [5.74, 6) is 0.508. The molecule has 1 N–H and O–H groups in total. The molecule has 0 aliphatic rings. The lowest BCUT2D eigenvalue weighted by Crippen LogP contribution is -2.01. The number of furan rings is 1. The second-order valence-electron chi connectivity index (χ2n) is 3.84. The van der Waals surface area contributed by atoms with Gasteiger partial charge in [0.1, 0.15) is 5.76 Å². The van der Waals surface area contributed by atoms with Crippen molar-refractivity contribution in [3.63, 3.8) is 0 Å². The van der Waals surface area contributed by atoms with Crippen LogP contribution < -0.4 is 0 Å². The van der Waals surface area contributed by atoms with E-state index in [9.17, 15) is 5.11 Å². The van der Waals surface area contributed by atoms with E-state index in [0.29, 0.717) is 11.5 Å². The summed E-state index contributed by atoms with van der Waals surface area (Å²) in [6, 6.07) is 13.3. The lowest BCUT2D eigenvalue weighted by molar-refractivity contribution is 0.186. The molecule has 0 spiro atoms. The minimum absolute atomic E-state index is 0.508. The molecule has 0 bridgehead atoms. The molecule has 3 aromatic rings. The zero-order valence-electron chi connectivity index (χ0n) is 9.08. The van der Waals surface area contributed by atoms with E-state index in [-0.39, 0.29) is 0 Å². The maximum absolute atomic E-state index is 10.2. The lowest BCUT2D eigenvalue weighted by atomic mass is 10.1. The van der Waals surface area contributed by atoms with Crippen molar-refractivity contribution in [1.29, 1.82) is 0 Å². The van der Waals surface area contributed by atoms with Crippen LogP contribution in [0.25, 0.3) is 10.8 Å². The van der Waals surface area contributed by atoms with Gasteiger partial charge < -0.3 is 9.52 Å². The van der Waals surface area contributed by atoms with E-state index >= 15 is 0 Å². The van der Waals surface area contributed by atoms with Crippen LogP contribution in [0, 0.1) is 0 Å². The van der Waals surface area contributed by atoms with Crippen LogP contribution in [-0.4, -0.2) is 10.1 Å². The molecule has 3 heteroatoms. The summed E-state index contributed by atoms with van der Waals surface area (Å²) in [5, 5.41) is 12.2. The number of fused-ring (bicyclic) bond motifs is 1. The Balaban J connectivity index is 2.17. The normalized spacial score (nSPS) is 12.8. The molecule has 84 valence electrons. The van der Waals surface area contributed by atoms with Gasteiger partial charge in [-0.05, 0) is 23.6 Å². The Morgan fingerprint density at radius 1 is 1.06 bits per heavy atom. The van der Waals surface area contributed by atoms with E-state index in [4.69, 9.17) is 4.42 Å². The van der Waals surface area contributed by atoms with Crippen LogP contribution in [-0.2, 0) is 0 Å². The molecular formula is C14H11NO2. The van der Waals surface area contributed by atoms with Crippen molar-refractivity contribution in [2.75, 3.05) is 0 Å². The topological polar surface area (TPSA) is 46.3 Å². The van der Waals surface area contributed by atoms with Crippen LogP contribution in [0.5, 0.6) is 0 Å². The highest BCUT2D eigenvalue weighted by molar-refractivity contribution is 5.84. The van der Waals surface area contributed by atoms with Crippen molar-refractivity contribution < 1.29 is 9.52 Å². The molecule has 1 unspecified atom stereocenters. The number of aliphatic hydroxyl groups is 1.